The van der Waals surface area contributed by atoms with Crippen molar-refractivity contribution in [2.24, 2.45) is 21.6 Å². The lowest BCUT2D eigenvalue weighted by Crippen LogP contribution is -2.53. The number of allylic oxidation sites excluding steroid dienone is 1. The second-order valence-electron chi connectivity index (χ2n) is 7.77. The van der Waals surface area contributed by atoms with E-state index in [1.54, 1.807) is 36.8 Å². The summed E-state index contributed by atoms with van der Waals surface area (Å²) in [6.45, 7) is 0.459. The smallest absolute Gasteiger partial charge is 0.265 e. The van der Waals surface area contributed by atoms with Crippen LogP contribution in [0.5, 0.6) is 5.75 Å². The van der Waals surface area contributed by atoms with Gasteiger partial charge in [0.25, 0.3) is 5.84 Å². The molecule has 2 aliphatic rings. The van der Waals surface area contributed by atoms with E-state index < -0.39 is 5.91 Å². The van der Waals surface area contributed by atoms with E-state index in [-0.39, 0.29) is 4.59 Å². The molecule has 0 radical (unpaired) electrons. The van der Waals surface area contributed by atoms with Crippen LogP contribution in [0.15, 0.2) is 107 Å². The Morgan fingerprint density at radius 2 is 1.73 bits per heavy atom. The van der Waals surface area contributed by atoms with Crippen molar-refractivity contribution in [2.75, 3.05) is 0 Å². The van der Waals surface area contributed by atoms with Crippen molar-refractivity contribution in [3.8, 4) is 5.75 Å². The molecule has 3 aromatic carbocycles. The molecular weight excluding hydrogens is 414 g/mol. The van der Waals surface area contributed by atoms with Gasteiger partial charge in [0.15, 0.2) is 0 Å². The number of amides is 1. The molecule has 162 valence electrons. The molecule has 2 aliphatic heterocycles. The molecular formula is C26H22N5O2+. The number of rotatable bonds is 6. The number of hydrogen-bond acceptors (Lipinski definition) is 5. The third kappa shape index (κ3) is 3.87. The second-order valence-corrected chi connectivity index (χ2v) is 7.77. The van der Waals surface area contributed by atoms with Crippen LogP contribution in [-0.2, 0) is 6.61 Å². The standard InChI is InChI=1S/C26H21N5O2/c27-25(32)20-9-4-8-19(14-20)24-23-16-29-12-13-31(23,28)26(30-24)21-10-5-11-22(15-21)33-17-18-6-2-1-3-7-18/h1-16H,17,28H2,(H-,27,32)/p+1. The monoisotopic (exact) mass is 436 g/mol. The number of fused-ring (bicyclic) bond motifs is 1. The average Bonchev–Trinajstić information content (AvgIpc) is 3.17. The van der Waals surface area contributed by atoms with E-state index in [1.807, 2.05) is 60.7 Å². The van der Waals surface area contributed by atoms with Gasteiger partial charge in [-0.3, -0.25) is 9.79 Å². The lowest BCUT2D eigenvalue weighted by atomic mass is 10.1. The summed E-state index contributed by atoms with van der Waals surface area (Å²) < 4.78 is 5.87. The average molecular weight is 436 g/mol. The summed E-state index contributed by atoms with van der Waals surface area (Å²) in [5, 5.41) is 0. The molecule has 0 saturated carbocycles. The maximum atomic E-state index is 11.7. The predicted molar refractivity (Wildman–Crippen MR) is 128 cm³/mol. The first kappa shape index (κ1) is 20.6. The molecule has 1 amide bonds. The molecule has 4 N–H and O–H groups in total. The zero-order chi connectivity index (χ0) is 22.8. The molecule has 0 spiro atoms. The summed E-state index contributed by atoms with van der Waals surface area (Å²) in [6, 6.07) is 24.7. The van der Waals surface area contributed by atoms with E-state index in [1.165, 1.54) is 0 Å². The fourth-order valence-corrected chi connectivity index (χ4v) is 3.88. The minimum atomic E-state index is -0.501. The van der Waals surface area contributed by atoms with Crippen molar-refractivity contribution in [2.45, 2.75) is 6.61 Å². The molecule has 1 atom stereocenters. The molecule has 3 aromatic rings. The third-order valence-corrected chi connectivity index (χ3v) is 5.56. The van der Waals surface area contributed by atoms with Gasteiger partial charge < -0.3 is 10.5 Å². The van der Waals surface area contributed by atoms with Crippen LogP contribution < -0.4 is 16.3 Å². The molecule has 1 unspecified atom stereocenters. The number of benzene rings is 3. The highest BCUT2D eigenvalue weighted by Gasteiger charge is 2.44. The van der Waals surface area contributed by atoms with Crippen molar-refractivity contribution in [1.29, 1.82) is 0 Å². The summed E-state index contributed by atoms with van der Waals surface area (Å²) >= 11 is 0. The normalized spacial score (nSPS) is 18.8. The minimum Gasteiger partial charge on any atom is -0.489 e. The fraction of sp³-hybridized carbons (Fsp3) is 0.0385. The summed E-state index contributed by atoms with van der Waals surface area (Å²) in [4.78, 5) is 20.8. The number of nitrogens with zero attached hydrogens (tertiary/aromatic N) is 3. The maximum absolute atomic E-state index is 11.7. The number of carbonyl (C=O) groups excluding carboxylic acids is 1. The first-order chi connectivity index (χ1) is 16.0. The predicted octanol–water partition coefficient (Wildman–Crippen LogP) is 3.74. The first-order valence-corrected chi connectivity index (χ1v) is 10.4. The van der Waals surface area contributed by atoms with Crippen LogP contribution >= 0.6 is 0 Å². The Balaban J connectivity index is 1.52. The van der Waals surface area contributed by atoms with E-state index >= 15 is 0 Å². The van der Waals surface area contributed by atoms with E-state index in [9.17, 15) is 4.79 Å². The van der Waals surface area contributed by atoms with Gasteiger partial charge in [0.1, 0.15) is 24.3 Å². The first-order valence-electron chi connectivity index (χ1n) is 10.4. The summed E-state index contributed by atoms with van der Waals surface area (Å²) in [5.41, 5.74) is 9.85. The Labute approximate surface area is 191 Å². The Morgan fingerprint density at radius 1 is 0.939 bits per heavy atom. The van der Waals surface area contributed by atoms with Crippen molar-refractivity contribution in [3.05, 3.63) is 119 Å². The lowest BCUT2D eigenvalue weighted by molar-refractivity contribution is -0.749. The Kier molecular flexibility index (Phi) is 5.18. The maximum Gasteiger partial charge on any atom is 0.265 e. The van der Waals surface area contributed by atoms with Crippen molar-refractivity contribution in [3.63, 3.8) is 0 Å². The number of amidine groups is 1. The van der Waals surface area contributed by atoms with Gasteiger partial charge in [0.2, 0.25) is 11.6 Å². The Morgan fingerprint density at radius 3 is 2.55 bits per heavy atom. The number of carbonyl (C=O) groups is 1. The lowest BCUT2D eigenvalue weighted by Gasteiger charge is -2.26. The van der Waals surface area contributed by atoms with Crippen LogP contribution in [0.25, 0.3) is 5.70 Å². The van der Waals surface area contributed by atoms with Crippen molar-refractivity contribution < 1.29 is 14.1 Å². The van der Waals surface area contributed by atoms with Crippen LogP contribution in [0.1, 0.15) is 27.0 Å². The molecule has 5 rings (SSSR count). The molecule has 0 bridgehead atoms. The molecule has 7 heteroatoms. The second kappa shape index (κ2) is 8.31. The fourth-order valence-electron chi connectivity index (χ4n) is 3.88. The molecule has 0 fully saturated rings. The number of hydrogen-bond donors (Lipinski definition) is 2. The molecule has 2 heterocycles. The number of quaternary nitrogens is 1. The van der Waals surface area contributed by atoms with Crippen LogP contribution in [0.2, 0.25) is 0 Å². The minimum absolute atomic E-state index is 0.137. The number of nitrogens with two attached hydrogens (primary N) is 2. The Bertz CT molecular complexity index is 1360. The summed E-state index contributed by atoms with van der Waals surface area (Å²) in [6.07, 6.45) is 5.12. The van der Waals surface area contributed by atoms with Crippen LogP contribution in [-0.4, -0.2) is 22.5 Å². The van der Waals surface area contributed by atoms with Crippen LogP contribution in [0.3, 0.4) is 0 Å². The van der Waals surface area contributed by atoms with Gasteiger partial charge in [-0.05, 0) is 35.9 Å². The Hall–Kier alpha value is -4.33. The molecule has 0 aliphatic carbocycles. The topological polar surface area (TPSA) is 103 Å². The molecule has 7 nitrogen and oxygen atoms in total. The van der Waals surface area contributed by atoms with E-state index in [2.05, 4.69) is 4.99 Å². The zero-order valence-electron chi connectivity index (χ0n) is 17.8. The number of aliphatic imine (C=N–C) groups is 2. The molecule has 0 aromatic heterocycles. The van der Waals surface area contributed by atoms with Gasteiger partial charge in [-0.2, -0.15) is 10.8 Å². The third-order valence-electron chi connectivity index (χ3n) is 5.56. The highest BCUT2D eigenvalue weighted by Crippen LogP contribution is 2.36. The highest BCUT2D eigenvalue weighted by molar-refractivity contribution is 6.07. The van der Waals surface area contributed by atoms with Gasteiger partial charge >= 0.3 is 0 Å². The largest absolute Gasteiger partial charge is 0.489 e. The van der Waals surface area contributed by atoms with Crippen molar-refractivity contribution in [1.82, 2.24) is 0 Å². The quantitative estimate of drug-likeness (QED) is 0.454. The van der Waals surface area contributed by atoms with Gasteiger partial charge in [-0.1, -0.05) is 48.5 Å². The van der Waals surface area contributed by atoms with Crippen LogP contribution in [0.4, 0.5) is 0 Å². The number of ether oxygens (including phenoxy) is 1. The van der Waals surface area contributed by atoms with E-state index in [0.717, 1.165) is 16.7 Å². The van der Waals surface area contributed by atoms with Gasteiger partial charge in [0, 0.05) is 11.1 Å². The van der Waals surface area contributed by atoms with Gasteiger partial charge in [-0.25, -0.2) is 0 Å². The van der Waals surface area contributed by atoms with Gasteiger partial charge in [-0.15, -0.1) is 4.59 Å². The SMILES string of the molecule is NC(=O)c1cccc(C2=C3C=NC=C[N+]3(N)C(c3cccc(OCc4ccccc4)c3)=N2)c1. The van der Waals surface area contributed by atoms with Gasteiger partial charge in [0.05, 0.1) is 18.0 Å². The van der Waals surface area contributed by atoms with E-state index in [4.69, 9.17) is 21.3 Å². The van der Waals surface area contributed by atoms with Crippen LogP contribution in [0, 0.1) is 0 Å². The summed E-state index contributed by atoms with van der Waals surface area (Å²) in [5.74, 6) is 7.65. The number of primary amides is 1. The van der Waals surface area contributed by atoms with Crippen molar-refractivity contribution >= 4 is 23.7 Å². The highest BCUT2D eigenvalue weighted by atomic mass is 16.5. The molecule has 0 saturated heterocycles. The van der Waals surface area contributed by atoms with E-state index in [0.29, 0.717) is 35.1 Å². The zero-order valence-corrected chi connectivity index (χ0v) is 17.8. The summed E-state index contributed by atoms with van der Waals surface area (Å²) in [7, 11) is 0. The molecule has 33 heavy (non-hydrogen) atoms.